The van der Waals surface area contributed by atoms with Crippen molar-refractivity contribution < 1.29 is 4.79 Å². The van der Waals surface area contributed by atoms with Crippen molar-refractivity contribution in [2.45, 2.75) is 38.1 Å². The monoisotopic (exact) mass is 268 g/mol. The van der Waals surface area contributed by atoms with Gasteiger partial charge in [0, 0.05) is 32.7 Å². The van der Waals surface area contributed by atoms with Crippen molar-refractivity contribution in [3.8, 4) is 0 Å². The molecule has 0 saturated carbocycles. The van der Waals surface area contributed by atoms with Gasteiger partial charge in [0.05, 0.1) is 0 Å². The minimum absolute atomic E-state index is 0.120. The summed E-state index contributed by atoms with van der Waals surface area (Å²) in [5.41, 5.74) is 5.39. The molecule has 0 spiro atoms. The molecule has 0 aromatic heterocycles. The third-order valence-corrected chi connectivity index (χ3v) is 4.63. The van der Waals surface area contributed by atoms with Crippen LogP contribution in [0.3, 0.4) is 0 Å². The molecule has 2 saturated heterocycles. The van der Waals surface area contributed by atoms with Gasteiger partial charge < -0.3 is 16.0 Å². The molecule has 5 nitrogen and oxygen atoms in total. The van der Waals surface area contributed by atoms with Crippen LogP contribution >= 0.6 is 0 Å². The van der Waals surface area contributed by atoms with E-state index in [1.807, 2.05) is 0 Å². The van der Waals surface area contributed by atoms with Crippen LogP contribution in [0.15, 0.2) is 0 Å². The van der Waals surface area contributed by atoms with Crippen molar-refractivity contribution >= 4 is 5.91 Å². The van der Waals surface area contributed by atoms with Crippen molar-refractivity contribution in [2.75, 3.05) is 45.8 Å². The number of hydrogen-bond acceptors (Lipinski definition) is 4. The summed E-state index contributed by atoms with van der Waals surface area (Å²) in [6, 6.07) is 0. The fourth-order valence-corrected chi connectivity index (χ4v) is 3.46. The van der Waals surface area contributed by atoms with Gasteiger partial charge in [-0.1, -0.05) is 6.92 Å². The topological polar surface area (TPSA) is 61.6 Å². The first-order valence-corrected chi connectivity index (χ1v) is 7.67. The highest BCUT2D eigenvalue weighted by molar-refractivity contribution is 5.84. The summed E-state index contributed by atoms with van der Waals surface area (Å²) in [6.45, 7) is 9.29. The van der Waals surface area contributed by atoms with Crippen LogP contribution in [-0.4, -0.2) is 67.1 Å². The number of nitrogens with one attached hydrogen (secondary N) is 1. The van der Waals surface area contributed by atoms with E-state index in [1.54, 1.807) is 0 Å². The van der Waals surface area contributed by atoms with Gasteiger partial charge in [-0.05, 0) is 38.8 Å². The lowest BCUT2D eigenvalue weighted by atomic mass is 9.84. The van der Waals surface area contributed by atoms with E-state index in [9.17, 15) is 4.79 Å². The van der Waals surface area contributed by atoms with Gasteiger partial charge in [-0.15, -0.1) is 0 Å². The minimum Gasteiger partial charge on any atom is -0.368 e. The lowest BCUT2D eigenvalue weighted by Gasteiger charge is -2.46. The maximum Gasteiger partial charge on any atom is 0.238 e. The first-order chi connectivity index (χ1) is 9.19. The van der Waals surface area contributed by atoms with Crippen LogP contribution in [0.5, 0.6) is 0 Å². The SMILES string of the molecule is CCCN1CCC(C(N)=O)(N2CCCNCC2)CC1. The molecule has 2 rings (SSSR count). The summed E-state index contributed by atoms with van der Waals surface area (Å²) < 4.78 is 0. The molecule has 2 aliphatic rings. The Morgan fingerprint density at radius 3 is 2.58 bits per heavy atom. The van der Waals surface area contributed by atoms with E-state index in [-0.39, 0.29) is 5.91 Å². The molecule has 19 heavy (non-hydrogen) atoms. The number of amides is 1. The molecular formula is C14H28N4O. The Morgan fingerprint density at radius 1 is 1.21 bits per heavy atom. The molecule has 0 atom stereocenters. The quantitative estimate of drug-likeness (QED) is 0.754. The van der Waals surface area contributed by atoms with Crippen LogP contribution in [0.2, 0.25) is 0 Å². The van der Waals surface area contributed by atoms with Crippen LogP contribution in [-0.2, 0) is 4.79 Å². The summed E-state index contributed by atoms with van der Waals surface area (Å²) in [6.07, 6.45) is 4.07. The van der Waals surface area contributed by atoms with Gasteiger partial charge in [0.25, 0.3) is 0 Å². The summed E-state index contributed by atoms with van der Waals surface area (Å²) >= 11 is 0. The Kier molecular flexibility index (Phi) is 5.19. The average Bonchev–Trinajstić information content (AvgIpc) is 2.69. The fourth-order valence-electron chi connectivity index (χ4n) is 3.46. The van der Waals surface area contributed by atoms with Crippen molar-refractivity contribution in [3.05, 3.63) is 0 Å². The van der Waals surface area contributed by atoms with Gasteiger partial charge in [0.2, 0.25) is 5.91 Å². The molecule has 0 radical (unpaired) electrons. The molecule has 2 fully saturated rings. The predicted octanol–water partition coefficient (Wildman–Crippen LogP) is 0.0116. The Labute approximate surface area is 116 Å². The van der Waals surface area contributed by atoms with E-state index in [4.69, 9.17) is 5.73 Å². The van der Waals surface area contributed by atoms with E-state index >= 15 is 0 Å². The highest BCUT2D eigenvalue weighted by Crippen LogP contribution is 2.29. The Bertz CT molecular complexity index is 292. The summed E-state index contributed by atoms with van der Waals surface area (Å²) in [4.78, 5) is 16.9. The lowest BCUT2D eigenvalue weighted by Crippen LogP contribution is -2.63. The third-order valence-electron chi connectivity index (χ3n) is 4.63. The van der Waals surface area contributed by atoms with Crippen LogP contribution in [0.1, 0.15) is 32.6 Å². The van der Waals surface area contributed by atoms with Crippen molar-refractivity contribution in [3.63, 3.8) is 0 Å². The zero-order valence-electron chi connectivity index (χ0n) is 12.2. The van der Waals surface area contributed by atoms with E-state index in [0.717, 1.165) is 65.1 Å². The Morgan fingerprint density at radius 2 is 1.95 bits per heavy atom. The molecule has 0 aromatic rings. The van der Waals surface area contributed by atoms with Gasteiger partial charge in [-0.25, -0.2) is 0 Å². The van der Waals surface area contributed by atoms with Gasteiger partial charge in [-0.2, -0.15) is 0 Å². The second-order valence-corrected chi connectivity index (χ2v) is 5.83. The highest BCUT2D eigenvalue weighted by Gasteiger charge is 2.44. The largest absolute Gasteiger partial charge is 0.368 e. The zero-order chi connectivity index (χ0) is 13.7. The van der Waals surface area contributed by atoms with E-state index in [1.165, 1.54) is 6.42 Å². The number of carbonyl (C=O) groups excluding carboxylic acids is 1. The molecular weight excluding hydrogens is 240 g/mol. The fraction of sp³-hybridized carbons (Fsp3) is 0.929. The third kappa shape index (κ3) is 3.27. The standard InChI is InChI=1S/C14H28N4O/c1-2-8-17-10-4-14(5-11-17,13(15)19)18-9-3-6-16-7-12-18/h16H,2-12H2,1H3,(H2,15,19). The number of rotatable bonds is 4. The maximum absolute atomic E-state index is 12.1. The number of likely N-dealkylation sites (tertiary alicyclic amines) is 1. The van der Waals surface area contributed by atoms with E-state index in [2.05, 4.69) is 22.0 Å². The minimum atomic E-state index is -0.393. The molecule has 0 bridgehead atoms. The Hall–Kier alpha value is -0.650. The van der Waals surface area contributed by atoms with Crippen LogP contribution in [0.4, 0.5) is 0 Å². The number of nitrogens with zero attached hydrogens (tertiary/aromatic N) is 2. The number of nitrogens with two attached hydrogens (primary N) is 1. The molecule has 0 unspecified atom stereocenters. The predicted molar refractivity (Wildman–Crippen MR) is 77.0 cm³/mol. The van der Waals surface area contributed by atoms with Gasteiger partial charge in [0.1, 0.15) is 5.54 Å². The van der Waals surface area contributed by atoms with Gasteiger partial charge in [0.15, 0.2) is 0 Å². The van der Waals surface area contributed by atoms with Gasteiger partial charge in [-0.3, -0.25) is 9.69 Å². The lowest BCUT2D eigenvalue weighted by molar-refractivity contribution is -0.133. The molecule has 110 valence electrons. The van der Waals surface area contributed by atoms with Gasteiger partial charge >= 0.3 is 0 Å². The molecule has 1 amide bonds. The van der Waals surface area contributed by atoms with E-state index < -0.39 is 5.54 Å². The normalized spacial score (nSPS) is 25.9. The second kappa shape index (κ2) is 6.68. The van der Waals surface area contributed by atoms with Crippen LogP contribution in [0.25, 0.3) is 0 Å². The first kappa shape index (κ1) is 14.8. The molecule has 5 heteroatoms. The molecule has 3 N–H and O–H groups in total. The molecule has 2 heterocycles. The van der Waals surface area contributed by atoms with Crippen molar-refractivity contribution in [1.82, 2.24) is 15.1 Å². The summed E-state index contributed by atoms with van der Waals surface area (Å²) in [5.74, 6) is -0.120. The number of carbonyl (C=O) groups is 1. The van der Waals surface area contributed by atoms with E-state index in [0.29, 0.717) is 0 Å². The molecule has 0 aromatic carbocycles. The van der Waals surface area contributed by atoms with Crippen LogP contribution in [0, 0.1) is 0 Å². The number of piperidine rings is 1. The summed E-state index contributed by atoms with van der Waals surface area (Å²) in [7, 11) is 0. The van der Waals surface area contributed by atoms with Crippen molar-refractivity contribution in [2.24, 2.45) is 5.73 Å². The highest BCUT2D eigenvalue weighted by atomic mass is 16.1. The number of hydrogen-bond donors (Lipinski definition) is 2. The van der Waals surface area contributed by atoms with Crippen molar-refractivity contribution in [1.29, 1.82) is 0 Å². The molecule has 0 aliphatic carbocycles. The molecule has 2 aliphatic heterocycles. The number of primary amides is 1. The second-order valence-electron chi connectivity index (χ2n) is 5.83. The zero-order valence-corrected chi connectivity index (χ0v) is 12.2. The van der Waals surface area contributed by atoms with Crippen LogP contribution < -0.4 is 11.1 Å². The maximum atomic E-state index is 12.1. The first-order valence-electron chi connectivity index (χ1n) is 7.67. The smallest absolute Gasteiger partial charge is 0.238 e. The average molecular weight is 268 g/mol. The summed E-state index contributed by atoms with van der Waals surface area (Å²) in [5, 5.41) is 3.40. The Balaban J connectivity index is 2.04.